The molecular formula is C19H14FN5O4. The molecule has 0 radical (unpaired) electrons. The quantitative estimate of drug-likeness (QED) is 0.367. The molecule has 0 aliphatic carbocycles. The molecule has 146 valence electrons. The van der Waals surface area contributed by atoms with Crippen LogP contribution < -0.4 is 10.3 Å². The van der Waals surface area contributed by atoms with Crippen molar-refractivity contribution in [2.75, 3.05) is 6.61 Å². The number of aromatic nitrogens is 4. The highest BCUT2D eigenvalue weighted by atomic mass is 19.1. The van der Waals surface area contributed by atoms with Gasteiger partial charge in [-0.25, -0.2) is 14.1 Å². The van der Waals surface area contributed by atoms with Crippen molar-refractivity contribution < 1.29 is 14.1 Å². The molecule has 4 rings (SSSR count). The minimum atomic E-state index is -0.517. The lowest BCUT2D eigenvalue weighted by molar-refractivity contribution is -0.384. The number of rotatable bonds is 6. The number of fused-ring (bicyclic) bond motifs is 1. The van der Waals surface area contributed by atoms with Crippen LogP contribution in [-0.4, -0.2) is 30.9 Å². The van der Waals surface area contributed by atoms with Crippen molar-refractivity contribution in [3.05, 3.63) is 87.3 Å². The lowest BCUT2D eigenvalue weighted by Crippen LogP contribution is -2.23. The first-order chi connectivity index (χ1) is 14.0. The van der Waals surface area contributed by atoms with Gasteiger partial charge in [-0.15, -0.1) is 0 Å². The standard InChI is InChI=1S/C19H14FN5O4/c20-13-5-7-14(8-6-13)29-10-9-23-12-21-18-15(19(23)26)11-22-24(18)16-3-1-2-4-17(16)25(27)28/h1-8,11-12H,9-10H2. The van der Waals surface area contributed by atoms with Crippen molar-refractivity contribution >= 4 is 16.7 Å². The second kappa shape index (κ2) is 7.50. The van der Waals surface area contributed by atoms with E-state index in [9.17, 15) is 19.3 Å². The Hall–Kier alpha value is -4.08. The summed E-state index contributed by atoms with van der Waals surface area (Å²) in [6.45, 7) is 0.396. The summed E-state index contributed by atoms with van der Waals surface area (Å²) in [5, 5.41) is 15.6. The van der Waals surface area contributed by atoms with E-state index in [1.165, 1.54) is 58.2 Å². The molecule has 0 saturated heterocycles. The molecular weight excluding hydrogens is 381 g/mol. The third-order valence-electron chi connectivity index (χ3n) is 4.28. The predicted molar refractivity (Wildman–Crippen MR) is 102 cm³/mol. The summed E-state index contributed by atoms with van der Waals surface area (Å²) in [5.41, 5.74) is -0.0458. The van der Waals surface area contributed by atoms with Gasteiger partial charge in [-0.1, -0.05) is 12.1 Å². The van der Waals surface area contributed by atoms with E-state index in [-0.39, 0.29) is 46.9 Å². The van der Waals surface area contributed by atoms with Gasteiger partial charge in [-0.05, 0) is 30.3 Å². The largest absolute Gasteiger partial charge is 0.492 e. The van der Waals surface area contributed by atoms with Gasteiger partial charge < -0.3 is 4.74 Å². The van der Waals surface area contributed by atoms with Crippen LogP contribution in [0.3, 0.4) is 0 Å². The van der Waals surface area contributed by atoms with Crippen LogP contribution in [0.1, 0.15) is 0 Å². The van der Waals surface area contributed by atoms with Gasteiger partial charge in [0.1, 0.15) is 35.6 Å². The van der Waals surface area contributed by atoms with E-state index in [0.717, 1.165) is 0 Å². The van der Waals surface area contributed by atoms with Crippen LogP contribution in [-0.2, 0) is 6.54 Å². The van der Waals surface area contributed by atoms with E-state index < -0.39 is 4.92 Å². The molecule has 0 amide bonds. The number of benzene rings is 2. The monoisotopic (exact) mass is 395 g/mol. The Morgan fingerprint density at radius 1 is 1.14 bits per heavy atom. The molecule has 29 heavy (non-hydrogen) atoms. The van der Waals surface area contributed by atoms with E-state index in [0.29, 0.717) is 5.75 Å². The molecule has 0 atom stereocenters. The van der Waals surface area contributed by atoms with Crippen LogP contribution in [0.5, 0.6) is 5.75 Å². The molecule has 0 aliphatic rings. The average molecular weight is 395 g/mol. The maximum Gasteiger partial charge on any atom is 0.294 e. The van der Waals surface area contributed by atoms with Gasteiger partial charge in [-0.2, -0.15) is 5.10 Å². The van der Waals surface area contributed by atoms with Crippen molar-refractivity contribution in [2.45, 2.75) is 6.54 Å². The van der Waals surface area contributed by atoms with Gasteiger partial charge in [-0.3, -0.25) is 19.5 Å². The van der Waals surface area contributed by atoms with E-state index in [2.05, 4.69) is 10.1 Å². The van der Waals surface area contributed by atoms with Crippen molar-refractivity contribution in [2.24, 2.45) is 0 Å². The Kier molecular flexibility index (Phi) is 4.73. The minimum Gasteiger partial charge on any atom is -0.492 e. The van der Waals surface area contributed by atoms with Crippen molar-refractivity contribution in [1.29, 1.82) is 0 Å². The van der Waals surface area contributed by atoms with Crippen molar-refractivity contribution in [3.8, 4) is 11.4 Å². The fourth-order valence-electron chi connectivity index (χ4n) is 2.87. The number of para-hydroxylation sites is 2. The summed E-state index contributed by atoms with van der Waals surface area (Å²) >= 11 is 0. The van der Waals surface area contributed by atoms with E-state index in [1.807, 2.05) is 0 Å². The fourth-order valence-corrected chi connectivity index (χ4v) is 2.87. The third-order valence-corrected chi connectivity index (χ3v) is 4.28. The van der Waals surface area contributed by atoms with E-state index in [1.54, 1.807) is 12.1 Å². The van der Waals surface area contributed by atoms with Crippen LogP contribution in [0.4, 0.5) is 10.1 Å². The number of nitro groups is 1. The topological polar surface area (TPSA) is 105 Å². The predicted octanol–water partition coefficient (Wildman–Crippen LogP) is 2.71. The molecule has 10 heteroatoms. The van der Waals surface area contributed by atoms with Crippen LogP contribution in [0.15, 0.2) is 65.8 Å². The number of hydrogen-bond donors (Lipinski definition) is 0. The summed E-state index contributed by atoms with van der Waals surface area (Å²) < 4.78 is 21.0. The highest BCUT2D eigenvalue weighted by Gasteiger charge is 2.19. The van der Waals surface area contributed by atoms with Gasteiger partial charge in [0.25, 0.3) is 11.2 Å². The van der Waals surface area contributed by atoms with Crippen molar-refractivity contribution in [3.63, 3.8) is 0 Å². The fraction of sp³-hybridized carbons (Fsp3) is 0.105. The highest BCUT2D eigenvalue weighted by Crippen LogP contribution is 2.23. The third kappa shape index (κ3) is 3.55. The van der Waals surface area contributed by atoms with Gasteiger partial charge in [0.15, 0.2) is 5.65 Å². The summed E-state index contributed by atoms with van der Waals surface area (Å²) in [5.74, 6) is 0.122. The normalized spacial score (nSPS) is 10.9. The molecule has 0 bridgehead atoms. The molecule has 0 aliphatic heterocycles. The molecule has 9 nitrogen and oxygen atoms in total. The number of nitro benzene ring substituents is 1. The summed E-state index contributed by atoms with van der Waals surface area (Å²) in [6.07, 6.45) is 2.67. The van der Waals surface area contributed by atoms with Crippen molar-refractivity contribution in [1.82, 2.24) is 19.3 Å². The molecule has 0 saturated carbocycles. The smallest absolute Gasteiger partial charge is 0.294 e. The number of hydrogen-bond acceptors (Lipinski definition) is 6. The van der Waals surface area contributed by atoms with Gasteiger partial charge >= 0.3 is 0 Å². The molecule has 0 spiro atoms. The second-order valence-corrected chi connectivity index (χ2v) is 6.08. The Labute approximate surface area is 162 Å². The summed E-state index contributed by atoms with van der Waals surface area (Å²) in [4.78, 5) is 27.7. The zero-order valence-corrected chi connectivity index (χ0v) is 14.9. The average Bonchev–Trinajstić information content (AvgIpc) is 3.16. The number of halogens is 1. The van der Waals surface area contributed by atoms with Gasteiger partial charge in [0, 0.05) is 6.07 Å². The Morgan fingerprint density at radius 3 is 2.66 bits per heavy atom. The van der Waals surface area contributed by atoms with Gasteiger partial charge in [0.2, 0.25) is 0 Å². The molecule has 0 fully saturated rings. The first-order valence-corrected chi connectivity index (χ1v) is 8.60. The first-order valence-electron chi connectivity index (χ1n) is 8.60. The van der Waals surface area contributed by atoms with Crippen LogP contribution >= 0.6 is 0 Å². The highest BCUT2D eigenvalue weighted by molar-refractivity contribution is 5.76. The van der Waals surface area contributed by atoms with E-state index >= 15 is 0 Å². The zero-order chi connectivity index (χ0) is 20.4. The van der Waals surface area contributed by atoms with Gasteiger partial charge in [0.05, 0.1) is 17.7 Å². The number of nitrogens with zero attached hydrogens (tertiary/aromatic N) is 5. The molecule has 0 unspecified atom stereocenters. The number of ether oxygens (including phenoxy) is 1. The maximum atomic E-state index is 12.9. The second-order valence-electron chi connectivity index (χ2n) is 6.08. The maximum absolute atomic E-state index is 12.9. The molecule has 2 aromatic carbocycles. The lowest BCUT2D eigenvalue weighted by Gasteiger charge is -2.08. The van der Waals surface area contributed by atoms with Crippen LogP contribution in [0.25, 0.3) is 16.7 Å². The zero-order valence-electron chi connectivity index (χ0n) is 14.9. The Bertz CT molecular complexity index is 1250. The minimum absolute atomic E-state index is 0.142. The molecule has 2 aromatic heterocycles. The van der Waals surface area contributed by atoms with Crippen LogP contribution in [0.2, 0.25) is 0 Å². The Balaban J connectivity index is 1.60. The lowest BCUT2D eigenvalue weighted by atomic mass is 10.2. The SMILES string of the molecule is O=c1c2cnn(-c3ccccc3[N+](=O)[O-])c2ncn1CCOc1ccc(F)cc1. The Morgan fingerprint density at radius 2 is 1.90 bits per heavy atom. The summed E-state index contributed by atoms with van der Waals surface area (Å²) in [6, 6.07) is 11.6. The molecule has 2 heterocycles. The summed E-state index contributed by atoms with van der Waals surface area (Å²) in [7, 11) is 0. The molecule has 4 aromatic rings. The van der Waals surface area contributed by atoms with E-state index in [4.69, 9.17) is 4.74 Å². The van der Waals surface area contributed by atoms with Crippen LogP contribution in [0, 0.1) is 15.9 Å². The first kappa shape index (κ1) is 18.3. The molecule has 0 N–H and O–H groups in total.